The summed E-state index contributed by atoms with van der Waals surface area (Å²) >= 11 is 0. The molecule has 0 spiro atoms. The van der Waals surface area contributed by atoms with Gasteiger partial charge in [0.25, 0.3) is 0 Å². The SMILES string of the molecule is CO[Si](CCC1CCC(O)(OC(C)C)CC1)(OC)OC. The molecule has 1 N–H and O–H groups in total. The zero-order valence-electron chi connectivity index (χ0n) is 13.5. The van der Waals surface area contributed by atoms with Crippen molar-refractivity contribution in [1.82, 2.24) is 0 Å². The Morgan fingerprint density at radius 2 is 1.60 bits per heavy atom. The van der Waals surface area contributed by atoms with E-state index in [1.807, 2.05) is 13.8 Å². The average molecular weight is 306 g/mol. The summed E-state index contributed by atoms with van der Waals surface area (Å²) < 4.78 is 21.9. The molecule has 120 valence electrons. The largest absolute Gasteiger partial charge is 0.500 e. The van der Waals surface area contributed by atoms with Crippen molar-refractivity contribution < 1.29 is 23.1 Å². The molecule has 20 heavy (non-hydrogen) atoms. The first-order chi connectivity index (χ1) is 9.38. The van der Waals surface area contributed by atoms with Crippen LogP contribution in [0.25, 0.3) is 0 Å². The van der Waals surface area contributed by atoms with Crippen molar-refractivity contribution >= 4 is 8.80 Å². The third-order valence-corrected chi connectivity index (χ3v) is 6.90. The van der Waals surface area contributed by atoms with Crippen molar-refractivity contribution in [2.75, 3.05) is 21.3 Å². The van der Waals surface area contributed by atoms with Gasteiger partial charge < -0.3 is 23.1 Å². The molecule has 0 bridgehead atoms. The van der Waals surface area contributed by atoms with E-state index >= 15 is 0 Å². The fraction of sp³-hybridized carbons (Fsp3) is 1.00. The zero-order valence-corrected chi connectivity index (χ0v) is 14.5. The minimum absolute atomic E-state index is 0.0621. The monoisotopic (exact) mass is 306 g/mol. The highest BCUT2D eigenvalue weighted by atomic mass is 28.4. The van der Waals surface area contributed by atoms with E-state index in [1.165, 1.54) is 0 Å². The summed E-state index contributed by atoms with van der Waals surface area (Å²) in [6.07, 6.45) is 4.44. The molecular formula is C14H30O5Si. The number of aliphatic hydroxyl groups is 1. The first-order valence-corrected chi connectivity index (χ1v) is 9.37. The maximum absolute atomic E-state index is 10.3. The third-order valence-electron chi connectivity index (χ3n) is 4.13. The van der Waals surface area contributed by atoms with Gasteiger partial charge in [0.15, 0.2) is 5.79 Å². The van der Waals surface area contributed by atoms with Gasteiger partial charge in [-0.05, 0) is 39.0 Å². The highest BCUT2D eigenvalue weighted by Gasteiger charge is 2.40. The van der Waals surface area contributed by atoms with E-state index in [-0.39, 0.29) is 6.10 Å². The molecule has 6 heteroatoms. The van der Waals surface area contributed by atoms with Gasteiger partial charge in [-0.3, -0.25) is 0 Å². The summed E-state index contributed by atoms with van der Waals surface area (Å²) in [5, 5.41) is 10.3. The summed E-state index contributed by atoms with van der Waals surface area (Å²) in [4.78, 5) is 0. The Hall–Kier alpha value is 0.0169. The molecule has 0 amide bonds. The first kappa shape index (κ1) is 18.1. The van der Waals surface area contributed by atoms with Gasteiger partial charge in [0.1, 0.15) is 0 Å². The minimum atomic E-state index is -2.46. The van der Waals surface area contributed by atoms with Crippen LogP contribution < -0.4 is 0 Å². The van der Waals surface area contributed by atoms with Crippen LogP contribution in [-0.4, -0.2) is 47.1 Å². The molecule has 1 aliphatic rings. The van der Waals surface area contributed by atoms with Gasteiger partial charge in [-0.25, -0.2) is 0 Å². The van der Waals surface area contributed by atoms with Crippen LogP contribution >= 0.6 is 0 Å². The Balaban J connectivity index is 2.39. The minimum Gasteiger partial charge on any atom is -0.377 e. The topological polar surface area (TPSA) is 57.2 Å². The summed E-state index contributed by atoms with van der Waals surface area (Å²) in [6, 6.07) is 0.824. The summed E-state index contributed by atoms with van der Waals surface area (Å²) in [5.41, 5.74) is 0. The third kappa shape index (κ3) is 5.09. The van der Waals surface area contributed by atoms with Crippen LogP contribution in [0.4, 0.5) is 0 Å². The summed E-state index contributed by atoms with van der Waals surface area (Å²) in [7, 11) is 2.49. The number of hydrogen-bond donors (Lipinski definition) is 1. The molecule has 0 aromatic carbocycles. The van der Waals surface area contributed by atoms with Crippen LogP contribution in [0.1, 0.15) is 46.0 Å². The van der Waals surface area contributed by atoms with Gasteiger partial charge in [0.2, 0.25) is 0 Å². The van der Waals surface area contributed by atoms with Crippen molar-refractivity contribution in [2.24, 2.45) is 5.92 Å². The van der Waals surface area contributed by atoms with E-state index in [0.29, 0.717) is 18.8 Å². The Kier molecular flexibility index (Phi) is 7.10. The van der Waals surface area contributed by atoms with Gasteiger partial charge in [-0.2, -0.15) is 0 Å². The fourth-order valence-electron chi connectivity index (χ4n) is 2.91. The Morgan fingerprint density at radius 1 is 1.10 bits per heavy atom. The molecule has 1 aliphatic carbocycles. The van der Waals surface area contributed by atoms with E-state index in [9.17, 15) is 5.11 Å². The maximum atomic E-state index is 10.3. The van der Waals surface area contributed by atoms with E-state index in [2.05, 4.69) is 0 Å². The van der Waals surface area contributed by atoms with E-state index in [4.69, 9.17) is 18.0 Å². The van der Waals surface area contributed by atoms with Crippen molar-refractivity contribution in [3.8, 4) is 0 Å². The average Bonchev–Trinajstić information content (AvgIpc) is 2.42. The fourth-order valence-corrected chi connectivity index (χ4v) is 4.79. The molecule has 0 aliphatic heterocycles. The van der Waals surface area contributed by atoms with Crippen molar-refractivity contribution in [3.63, 3.8) is 0 Å². The lowest BCUT2D eigenvalue weighted by Crippen LogP contribution is -2.43. The molecule has 1 saturated carbocycles. The highest BCUT2D eigenvalue weighted by molar-refractivity contribution is 6.60. The normalized spacial score (nSPS) is 28.1. The van der Waals surface area contributed by atoms with Crippen LogP contribution in [-0.2, 0) is 18.0 Å². The molecule has 5 nitrogen and oxygen atoms in total. The smallest absolute Gasteiger partial charge is 0.377 e. The molecule has 1 rings (SSSR count). The summed E-state index contributed by atoms with van der Waals surface area (Å²) in [5.74, 6) is -0.346. The van der Waals surface area contributed by atoms with Crippen LogP contribution in [0.5, 0.6) is 0 Å². The van der Waals surface area contributed by atoms with Gasteiger partial charge >= 0.3 is 8.80 Å². The van der Waals surface area contributed by atoms with Gasteiger partial charge in [-0.1, -0.05) is 0 Å². The molecule has 0 heterocycles. The lowest BCUT2D eigenvalue weighted by molar-refractivity contribution is -0.242. The number of hydrogen-bond acceptors (Lipinski definition) is 5. The summed E-state index contributed by atoms with van der Waals surface area (Å²) in [6.45, 7) is 3.92. The first-order valence-electron chi connectivity index (χ1n) is 7.44. The Labute approximate surface area is 123 Å². The van der Waals surface area contributed by atoms with Crippen molar-refractivity contribution in [1.29, 1.82) is 0 Å². The van der Waals surface area contributed by atoms with Gasteiger partial charge in [-0.15, -0.1) is 0 Å². The molecular weight excluding hydrogens is 276 g/mol. The van der Waals surface area contributed by atoms with Gasteiger partial charge in [0, 0.05) is 40.2 Å². The zero-order chi connectivity index (χ0) is 15.2. The molecule has 0 saturated heterocycles. The molecule has 0 aromatic heterocycles. The van der Waals surface area contributed by atoms with Gasteiger partial charge in [0.05, 0.1) is 6.10 Å². The maximum Gasteiger partial charge on any atom is 0.500 e. The Morgan fingerprint density at radius 3 is 2.00 bits per heavy atom. The second-order valence-corrected chi connectivity index (χ2v) is 8.98. The second-order valence-electron chi connectivity index (χ2n) is 5.89. The van der Waals surface area contributed by atoms with Crippen LogP contribution in [0.15, 0.2) is 0 Å². The standard InChI is InChI=1S/C14H30O5Si/c1-12(2)19-14(15)9-6-13(7-10-14)8-11-20(16-3,17-4)18-5/h12-13,15H,6-11H2,1-5H3. The van der Waals surface area contributed by atoms with Crippen LogP contribution in [0, 0.1) is 5.92 Å². The lowest BCUT2D eigenvalue weighted by atomic mass is 9.83. The van der Waals surface area contributed by atoms with E-state index in [1.54, 1.807) is 21.3 Å². The second kappa shape index (κ2) is 7.86. The molecule has 0 unspecified atom stereocenters. The van der Waals surface area contributed by atoms with E-state index in [0.717, 1.165) is 25.3 Å². The molecule has 0 atom stereocenters. The van der Waals surface area contributed by atoms with Crippen LogP contribution in [0.2, 0.25) is 6.04 Å². The van der Waals surface area contributed by atoms with E-state index < -0.39 is 14.6 Å². The van der Waals surface area contributed by atoms with Crippen molar-refractivity contribution in [2.45, 2.75) is 63.9 Å². The molecule has 0 aromatic rings. The predicted molar refractivity (Wildman–Crippen MR) is 79.3 cm³/mol. The Bertz CT molecular complexity index is 264. The quantitative estimate of drug-likeness (QED) is 0.552. The molecule has 1 fully saturated rings. The number of ether oxygens (including phenoxy) is 1. The van der Waals surface area contributed by atoms with Crippen LogP contribution in [0.3, 0.4) is 0 Å². The van der Waals surface area contributed by atoms with Crippen molar-refractivity contribution in [3.05, 3.63) is 0 Å². The number of rotatable bonds is 8. The lowest BCUT2D eigenvalue weighted by Gasteiger charge is -2.37. The highest BCUT2D eigenvalue weighted by Crippen LogP contribution is 2.37. The molecule has 0 radical (unpaired) electrons. The predicted octanol–water partition coefficient (Wildman–Crippen LogP) is 2.56.